The smallest absolute Gasteiger partial charge is 0.164 e. The summed E-state index contributed by atoms with van der Waals surface area (Å²) in [5.74, 6) is 1.53. The first-order valence-corrected chi connectivity index (χ1v) is 7.22. The first-order chi connectivity index (χ1) is 9.72. The lowest BCUT2D eigenvalue weighted by atomic mass is 10.0. The molecule has 4 nitrogen and oxygen atoms in total. The molecule has 0 saturated heterocycles. The van der Waals surface area contributed by atoms with Crippen LogP contribution in [0.15, 0.2) is 18.2 Å². The summed E-state index contributed by atoms with van der Waals surface area (Å²) in [6, 6.07) is 8.13. The Balaban J connectivity index is 2.85. The number of nitriles is 1. The summed E-state index contributed by atoms with van der Waals surface area (Å²) in [4.78, 5) is 0. The minimum Gasteiger partial charge on any atom is -0.490 e. The molecule has 0 spiro atoms. The van der Waals surface area contributed by atoms with Crippen LogP contribution in [0.2, 0.25) is 0 Å². The number of hydrogen-bond donors (Lipinski definition) is 1. The van der Waals surface area contributed by atoms with Gasteiger partial charge in [-0.15, -0.1) is 0 Å². The van der Waals surface area contributed by atoms with Gasteiger partial charge in [0, 0.05) is 12.5 Å². The minimum atomic E-state index is 0.119. The Bertz CT molecular complexity index is 441. The zero-order chi connectivity index (χ0) is 14.8. The topological polar surface area (TPSA) is 68.3 Å². The maximum Gasteiger partial charge on any atom is 0.164 e. The SMILES string of the molecule is CCOc1cccc(CC(N)CC)c1OCCCC#N. The Morgan fingerprint density at radius 3 is 2.75 bits per heavy atom. The van der Waals surface area contributed by atoms with Crippen molar-refractivity contribution in [3.8, 4) is 17.6 Å². The van der Waals surface area contributed by atoms with Crippen LogP contribution in [-0.2, 0) is 6.42 Å². The van der Waals surface area contributed by atoms with Crippen LogP contribution in [0.3, 0.4) is 0 Å². The molecule has 0 radical (unpaired) electrons. The lowest BCUT2D eigenvalue weighted by Gasteiger charge is -2.17. The molecule has 2 N–H and O–H groups in total. The number of rotatable bonds is 9. The van der Waals surface area contributed by atoms with Crippen molar-refractivity contribution in [2.24, 2.45) is 5.73 Å². The number of para-hydroxylation sites is 1. The number of hydrogen-bond acceptors (Lipinski definition) is 4. The van der Waals surface area contributed by atoms with E-state index in [2.05, 4.69) is 13.0 Å². The normalized spacial score (nSPS) is 11.7. The maximum atomic E-state index is 8.56. The van der Waals surface area contributed by atoms with E-state index in [9.17, 15) is 0 Å². The molecule has 0 aromatic heterocycles. The number of nitrogens with two attached hydrogens (primary N) is 1. The van der Waals surface area contributed by atoms with E-state index in [1.807, 2.05) is 25.1 Å². The molecule has 0 aliphatic carbocycles. The molecule has 0 aliphatic rings. The Morgan fingerprint density at radius 2 is 2.10 bits per heavy atom. The zero-order valence-corrected chi connectivity index (χ0v) is 12.4. The average molecular weight is 276 g/mol. The van der Waals surface area contributed by atoms with Crippen molar-refractivity contribution in [3.05, 3.63) is 23.8 Å². The monoisotopic (exact) mass is 276 g/mol. The summed E-state index contributed by atoms with van der Waals surface area (Å²) in [6.07, 6.45) is 2.91. The third-order valence-electron chi connectivity index (χ3n) is 3.05. The van der Waals surface area contributed by atoms with Crippen LogP contribution in [0.25, 0.3) is 0 Å². The summed E-state index contributed by atoms with van der Waals surface area (Å²) in [7, 11) is 0. The summed E-state index contributed by atoms with van der Waals surface area (Å²) >= 11 is 0. The molecule has 0 fully saturated rings. The molecule has 0 saturated carbocycles. The average Bonchev–Trinajstić information content (AvgIpc) is 2.46. The predicted octanol–water partition coefficient (Wildman–Crippen LogP) is 3.05. The lowest BCUT2D eigenvalue weighted by molar-refractivity contribution is 0.271. The Kier molecular flexibility index (Phi) is 7.52. The van der Waals surface area contributed by atoms with E-state index in [1.54, 1.807) is 0 Å². The molecule has 1 aromatic rings. The van der Waals surface area contributed by atoms with Crippen LogP contribution in [0, 0.1) is 11.3 Å². The van der Waals surface area contributed by atoms with E-state index in [4.69, 9.17) is 20.5 Å². The first-order valence-electron chi connectivity index (χ1n) is 7.22. The van der Waals surface area contributed by atoms with Gasteiger partial charge in [-0.2, -0.15) is 5.26 Å². The summed E-state index contributed by atoms with van der Waals surface area (Å²) in [5.41, 5.74) is 7.11. The van der Waals surface area contributed by atoms with Crippen LogP contribution < -0.4 is 15.2 Å². The van der Waals surface area contributed by atoms with E-state index in [0.717, 1.165) is 36.3 Å². The molecule has 20 heavy (non-hydrogen) atoms. The third kappa shape index (κ3) is 5.10. The van der Waals surface area contributed by atoms with Gasteiger partial charge in [0.1, 0.15) is 0 Å². The fraction of sp³-hybridized carbons (Fsp3) is 0.562. The van der Waals surface area contributed by atoms with E-state index in [0.29, 0.717) is 19.6 Å². The molecule has 0 heterocycles. The van der Waals surface area contributed by atoms with Crippen LogP contribution in [0.4, 0.5) is 0 Å². The second-order valence-corrected chi connectivity index (χ2v) is 4.66. The number of unbranched alkanes of at least 4 members (excludes halogenated alkanes) is 1. The van der Waals surface area contributed by atoms with Crippen molar-refractivity contribution in [2.75, 3.05) is 13.2 Å². The standard InChI is InChI=1S/C16H24N2O2/c1-3-14(18)12-13-8-7-9-15(19-4-2)16(13)20-11-6-5-10-17/h7-9,14H,3-6,11-12,18H2,1-2H3. The predicted molar refractivity (Wildman–Crippen MR) is 79.9 cm³/mol. The van der Waals surface area contributed by atoms with Crippen molar-refractivity contribution in [3.63, 3.8) is 0 Å². The summed E-state index contributed by atoms with van der Waals surface area (Å²) < 4.78 is 11.5. The first kappa shape index (κ1) is 16.3. The number of ether oxygens (including phenoxy) is 2. The molecule has 1 aromatic carbocycles. The zero-order valence-electron chi connectivity index (χ0n) is 12.4. The van der Waals surface area contributed by atoms with Gasteiger partial charge in [-0.1, -0.05) is 19.1 Å². The van der Waals surface area contributed by atoms with Gasteiger partial charge in [0.15, 0.2) is 11.5 Å². The Hall–Kier alpha value is -1.73. The van der Waals surface area contributed by atoms with Gasteiger partial charge in [0.05, 0.1) is 19.3 Å². The van der Waals surface area contributed by atoms with Gasteiger partial charge in [0.2, 0.25) is 0 Å². The molecule has 0 aliphatic heterocycles. The van der Waals surface area contributed by atoms with Crippen LogP contribution >= 0.6 is 0 Å². The van der Waals surface area contributed by atoms with Crippen LogP contribution in [-0.4, -0.2) is 19.3 Å². The van der Waals surface area contributed by atoms with E-state index < -0.39 is 0 Å². The van der Waals surface area contributed by atoms with Gasteiger partial charge in [-0.25, -0.2) is 0 Å². The van der Waals surface area contributed by atoms with Gasteiger partial charge in [-0.05, 0) is 37.8 Å². The van der Waals surface area contributed by atoms with E-state index in [1.165, 1.54) is 0 Å². The van der Waals surface area contributed by atoms with E-state index in [-0.39, 0.29) is 6.04 Å². The highest BCUT2D eigenvalue weighted by Gasteiger charge is 2.13. The van der Waals surface area contributed by atoms with Crippen molar-refractivity contribution in [2.45, 2.75) is 45.6 Å². The highest BCUT2D eigenvalue weighted by Crippen LogP contribution is 2.32. The molecule has 110 valence electrons. The largest absolute Gasteiger partial charge is 0.490 e. The number of benzene rings is 1. The molecule has 4 heteroatoms. The van der Waals surface area contributed by atoms with Crippen LogP contribution in [0.1, 0.15) is 38.7 Å². The fourth-order valence-corrected chi connectivity index (χ4v) is 1.91. The van der Waals surface area contributed by atoms with Gasteiger partial charge in [0.25, 0.3) is 0 Å². The number of nitrogens with zero attached hydrogens (tertiary/aromatic N) is 1. The van der Waals surface area contributed by atoms with Crippen molar-refractivity contribution < 1.29 is 9.47 Å². The Labute approximate surface area is 121 Å². The molecule has 1 rings (SSSR count). The molecule has 0 bridgehead atoms. The van der Waals surface area contributed by atoms with Gasteiger partial charge >= 0.3 is 0 Å². The van der Waals surface area contributed by atoms with Crippen LogP contribution in [0.5, 0.6) is 11.5 Å². The maximum absolute atomic E-state index is 8.56. The highest BCUT2D eigenvalue weighted by atomic mass is 16.5. The van der Waals surface area contributed by atoms with Crippen molar-refractivity contribution in [1.82, 2.24) is 0 Å². The second kappa shape index (κ2) is 9.22. The summed E-state index contributed by atoms with van der Waals surface area (Å²) in [6.45, 7) is 5.14. The molecule has 0 amide bonds. The quantitative estimate of drug-likeness (QED) is 0.704. The lowest BCUT2D eigenvalue weighted by Crippen LogP contribution is -2.22. The van der Waals surface area contributed by atoms with E-state index >= 15 is 0 Å². The fourth-order valence-electron chi connectivity index (χ4n) is 1.91. The molecular formula is C16H24N2O2. The summed E-state index contributed by atoms with van der Waals surface area (Å²) in [5, 5.41) is 8.56. The molecule has 1 atom stereocenters. The van der Waals surface area contributed by atoms with Crippen molar-refractivity contribution in [1.29, 1.82) is 5.26 Å². The second-order valence-electron chi connectivity index (χ2n) is 4.66. The molecular weight excluding hydrogens is 252 g/mol. The highest BCUT2D eigenvalue weighted by molar-refractivity contribution is 5.47. The van der Waals surface area contributed by atoms with Gasteiger partial charge in [-0.3, -0.25) is 0 Å². The van der Waals surface area contributed by atoms with Crippen molar-refractivity contribution >= 4 is 0 Å². The minimum absolute atomic E-state index is 0.119. The Morgan fingerprint density at radius 1 is 1.30 bits per heavy atom. The van der Waals surface area contributed by atoms with Gasteiger partial charge < -0.3 is 15.2 Å². The third-order valence-corrected chi connectivity index (χ3v) is 3.05. The molecule has 1 unspecified atom stereocenters.